The van der Waals surface area contributed by atoms with Crippen LogP contribution in [-0.4, -0.2) is 44.9 Å². The van der Waals surface area contributed by atoms with Crippen molar-refractivity contribution in [3.63, 3.8) is 0 Å². The van der Waals surface area contributed by atoms with E-state index in [0.29, 0.717) is 18.5 Å². The second-order valence-electron chi connectivity index (χ2n) is 8.77. The van der Waals surface area contributed by atoms with Crippen LogP contribution in [-0.2, 0) is 13.9 Å². The lowest BCUT2D eigenvalue weighted by atomic mass is 10.2. The summed E-state index contributed by atoms with van der Waals surface area (Å²) in [6.45, 7) is 12.3. The Kier molecular flexibility index (Phi) is 8.22. The van der Waals surface area contributed by atoms with E-state index >= 15 is 0 Å². The quantitative estimate of drug-likeness (QED) is 0.282. The van der Waals surface area contributed by atoms with Crippen LogP contribution in [0.3, 0.4) is 0 Å². The van der Waals surface area contributed by atoms with E-state index in [1.54, 1.807) is 0 Å². The minimum absolute atomic E-state index is 0.0275. The van der Waals surface area contributed by atoms with Gasteiger partial charge in [0.2, 0.25) is 0 Å². The van der Waals surface area contributed by atoms with Gasteiger partial charge >= 0.3 is 0 Å². The first kappa shape index (κ1) is 23.5. The smallest absolute Gasteiger partial charge is 0.261 e. The fourth-order valence-corrected chi connectivity index (χ4v) is 9.75. The van der Waals surface area contributed by atoms with E-state index in [0.717, 1.165) is 12.2 Å². The van der Waals surface area contributed by atoms with Crippen molar-refractivity contribution < 1.29 is 13.9 Å². The third-order valence-corrected chi connectivity index (χ3v) is 11.7. The summed E-state index contributed by atoms with van der Waals surface area (Å²) in [5.41, 5.74) is 0. The van der Waals surface area contributed by atoms with Gasteiger partial charge < -0.3 is 13.9 Å². The van der Waals surface area contributed by atoms with Crippen LogP contribution in [0.15, 0.2) is 60.7 Å². The van der Waals surface area contributed by atoms with Gasteiger partial charge in [0, 0.05) is 30.6 Å². The zero-order chi connectivity index (χ0) is 21.6. The van der Waals surface area contributed by atoms with Gasteiger partial charge in [0.1, 0.15) is 0 Å². The Labute approximate surface area is 187 Å². The van der Waals surface area contributed by atoms with Gasteiger partial charge in [-0.05, 0) is 29.3 Å². The van der Waals surface area contributed by atoms with Gasteiger partial charge in [-0.15, -0.1) is 0 Å². The standard InChI is InChI=1S/C25H36O3SSi/c1-6-26-24(27-7-2)18-22(23-19-29-23)28-30(25(3,4)5,20-14-10-8-11-15-20)21-16-12-9-13-17-21/h8-17,22-24H,6-7,18-19H2,1-5H3/t22?,23-/m1/s1. The van der Waals surface area contributed by atoms with Crippen molar-refractivity contribution in [3.8, 4) is 0 Å². The monoisotopic (exact) mass is 444 g/mol. The van der Waals surface area contributed by atoms with Crippen LogP contribution in [0.5, 0.6) is 0 Å². The molecule has 0 saturated carbocycles. The molecule has 3 nitrogen and oxygen atoms in total. The number of ether oxygens (including phenoxy) is 2. The Morgan fingerprint density at radius 1 is 0.900 bits per heavy atom. The summed E-state index contributed by atoms with van der Waals surface area (Å²) in [6, 6.07) is 21.7. The summed E-state index contributed by atoms with van der Waals surface area (Å²) in [5.74, 6) is 1.15. The molecule has 0 N–H and O–H groups in total. The van der Waals surface area contributed by atoms with Crippen LogP contribution in [0.2, 0.25) is 5.04 Å². The molecule has 1 heterocycles. The molecule has 0 aliphatic carbocycles. The molecule has 1 fully saturated rings. The molecular formula is C25H36O3SSi. The molecule has 0 spiro atoms. The van der Waals surface area contributed by atoms with Gasteiger partial charge in [0.25, 0.3) is 8.32 Å². The number of benzene rings is 2. The molecule has 1 aliphatic heterocycles. The van der Waals surface area contributed by atoms with Gasteiger partial charge in [0.15, 0.2) is 6.29 Å². The Bertz CT molecular complexity index is 713. The lowest BCUT2D eigenvalue weighted by molar-refractivity contribution is -0.150. The largest absolute Gasteiger partial charge is 0.403 e. The highest BCUT2D eigenvalue weighted by Gasteiger charge is 2.53. The van der Waals surface area contributed by atoms with Crippen LogP contribution in [0.25, 0.3) is 0 Å². The van der Waals surface area contributed by atoms with Crippen LogP contribution in [0.1, 0.15) is 41.0 Å². The fourth-order valence-electron chi connectivity index (χ4n) is 4.21. The van der Waals surface area contributed by atoms with E-state index in [4.69, 9.17) is 13.9 Å². The molecule has 2 atom stereocenters. The summed E-state index contributed by atoms with van der Waals surface area (Å²) >= 11 is 1.98. The van der Waals surface area contributed by atoms with Crippen LogP contribution in [0.4, 0.5) is 0 Å². The molecule has 5 heteroatoms. The molecule has 3 rings (SSSR count). The van der Waals surface area contributed by atoms with Crippen molar-refractivity contribution in [2.45, 2.75) is 63.7 Å². The van der Waals surface area contributed by atoms with Gasteiger partial charge in [-0.2, -0.15) is 11.8 Å². The number of thioether (sulfide) groups is 1. The SMILES string of the molecule is CCOC(CC(O[Si](c1ccccc1)(c1ccccc1)C(C)(C)C)[C@H]1CS1)OCC. The Morgan fingerprint density at radius 3 is 1.73 bits per heavy atom. The maximum atomic E-state index is 7.38. The maximum Gasteiger partial charge on any atom is 0.261 e. The van der Waals surface area contributed by atoms with E-state index in [1.807, 2.05) is 25.6 Å². The zero-order valence-corrected chi connectivity index (χ0v) is 20.8. The summed E-state index contributed by atoms with van der Waals surface area (Å²) in [6.07, 6.45) is 0.651. The molecule has 164 valence electrons. The van der Waals surface area contributed by atoms with E-state index in [1.165, 1.54) is 10.4 Å². The van der Waals surface area contributed by atoms with Crippen molar-refractivity contribution in [3.05, 3.63) is 60.7 Å². The second kappa shape index (κ2) is 10.5. The summed E-state index contributed by atoms with van der Waals surface area (Å²) in [7, 11) is -2.57. The van der Waals surface area contributed by atoms with E-state index in [-0.39, 0.29) is 17.4 Å². The molecule has 1 unspecified atom stereocenters. The number of hydrogen-bond donors (Lipinski definition) is 0. The first-order valence-corrected chi connectivity index (χ1v) is 14.0. The van der Waals surface area contributed by atoms with Gasteiger partial charge in [-0.25, -0.2) is 0 Å². The predicted octanol–water partition coefficient (Wildman–Crippen LogP) is 4.84. The molecule has 0 bridgehead atoms. The van der Waals surface area contributed by atoms with Crippen molar-refractivity contribution in [1.29, 1.82) is 0 Å². The Morgan fingerprint density at radius 2 is 1.37 bits per heavy atom. The third-order valence-electron chi connectivity index (χ3n) is 5.65. The minimum Gasteiger partial charge on any atom is -0.403 e. The minimum atomic E-state index is -2.57. The van der Waals surface area contributed by atoms with Gasteiger partial charge in [0.05, 0.1) is 6.10 Å². The normalized spacial score (nSPS) is 17.9. The Balaban J connectivity index is 2.05. The highest BCUT2D eigenvalue weighted by molar-refractivity contribution is 8.06. The fraction of sp³-hybridized carbons (Fsp3) is 0.520. The van der Waals surface area contributed by atoms with Crippen molar-refractivity contribution in [1.82, 2.24) is 0 Å². The van der Waals surface area contributed by atoms with Crippen molar-refractivity contribution in [2.75, 3.05) is 19.0 Å². The lowest BCUT2D eigenvalue weighted by Crippen LogP contribution is -2.68. The van der Waals surface area contributed by atoms with Crippen LogP contribution >= 0.6 is 11.8 Å². The van der Waals surface area contributed by atoms with Crippen molar-refractivity contribution >= 4 is 30.5 Å². The third kappa shape index (κ3) is 5.38. The molecule has 0 amide bonds. The molecule has 2 aromatic rings. The average Bonchev–Trinajstić information content (AvgIpc) is 3.57. The summed E-state index contributed by atoms with van der Waals surface area (Å²) in [4.78, 5) is 0. The molecule has 0 aromatic heterocycles. The molecule has 30 heavy (non-hydrogen) atoms. The molecule has 1 saturated heterocycles. The molecule has 2 aromatic carbocycles. The molecular weight excluding hydrogens is 408 g/mol. The first-order valence-electron chi connectivity index (χ1n) is 11.1. The van der Waals surface area contributed by atoms with Gasteiger partial charge in [-0.1, -0.05) is 81.4 Å². The Hall–Kier alpha value is -1.11. The van der Waals surface area contributed by atoms with Crippen LogP contribution < -0.4 is 10.4 Å². The zero-order valence-electron chi connectivity index (χ0n) is 19.0. The van der Waals surface area contributed by atoms with E-state index < -0.39 is 8.32 Å². The molecule has 0 radical (unpaired) electrons. The highest BCUT2D eigenvalue weighted by atomic mass is 32.2. The van der Waals surface area contributed by atoms with Crippen LogP contribution in [0, 0.1) is 0 Å². The van der Waals surface area contributed by atoms with E-state index in [9.17, 15) is 0 Å². The topological polar surface area (TPSA) is 27.7 Å². The lowest BCUT2D eigenvalue weighted by Gasteiger charge is -2.45. The van der Waals surface area contributed by atoms with E-state index in [2.05, 4.69) is 81.4 Å². The highest BCUT2D eigenvalue weighted by Crippen LogP contribution is 2.43. The average molecular weight is 445 g/mol. The first-order chi connectivity index (χ1) is 14.4. The number of hydrogen-bond acceptors (Lipinski definition) is 4. The second-order valence-corrected chi connectivity index (χ2v) is 14.3. The number of rotatable bonds is 11. The molecule has 1 aliphatic rings. The van der Waals surface area contributed by atoms with Crippen molar-refractivity contribution in [2.24, 2.45) is 0 Å². The predicted molar refractivity (Wildman–Crippen MR) is 130 cm³/mol. The van der Waals surface area contributed by atoms with Gasteiger partial charge in [-0.3, -0.25) is 0 Å². The maximum absolute atomic E-state index is 7.38. The summed E-state index contributed by atoms with van der Waals surface area (Å²) in [5, 5.41) is 3.13. The summed E-state index contributed by atoms with van der Waals surface area (Å²) < 4.78 is 19.2.